The molecule has 3 heterocycles. The Hall–Kier alpha value is -2.32. The van der Waals surface area contributed by atoms with Gasteiger partial charge in [-0.2, -0.15) is 5.26 Å². The molecular formula is C22H27N3O2. The van der Waals surface area contributed by atoms with Crippen LogP contribution in [0.15, 0.2) is 24.3 Å². The number of fused-ring (bicyclic) bond motifs is 5. The number of para-hydroxylation sites is 1. The van der Waals surface area contributed by atoms with E-state index in [4.69, 9.17) is 4.74 Å². The fourth-order valence-corrected chi connectivity index (χ4v) is 5.52. The van der Waals surface area contributed by atoms with Crippen LogP contribution in [-0.4, -0.2) is 35.5 Å². The zero-order valence-corrected chi connectivity index (χ0v) is 16.2. The smallest absolute Gasteiger partial charge is 0.308 e. The molecule has 0 aliphatic carbocycles. The predicted molar refractivity (Wildman–Crippen MR) is 104 cm³/mol. The minimum absolute atomic E-state index is 0.219. The summed E-state index contributed by atoms with van der Waals surface area (Å²) in [6, 6.07) is 11.0. The van der Waals surface area contributed by atoms with Gasteiger partial charge in [0, 0.05) is 23.1 Å². The van der Waals surface area contributed by atoms with Crippen molar-refractivity contribution in [2.75, 3.05) is 19.7 Å². The van der Waals surface area contributed by atoms with Gasteiger partial charge in [-0.15, -0.1) is 0 Å². The van der Waals surface area contributed by atoms with Crippen LogP contribution in [0, 0.1) is 16.7 Å². The third kappa shape index (κ3) is 2.43. The van der Waals surface area contributed by atoms with Crippen molar-refractivity contribution in [1.82, 2.24) is 9.88 Å². The average molecular weight is 365 g/mol. The SMILES string of the molecule is CCOC(=O)C[C@]12c3[nH]c4ccccc4c3CCN1CCC[C@@]2(C#N)CC. The highest BCUT2D eigenvalue weighted by Crippen LogP contribution is 2.57. The maximum Gasteiger partial charge on any atom is 0.308 e. The van der Waals surface area contributed by atoms with Crippen molar-refractivity contribution < 1.29 is 9.53 Å². The van der Waals surface area contributed by atoms with Crippen LogP contribution in [0.3, 0.4) is 0 Å². The van der Waals surface area contributed by atoms with Gasteiger partial charge in [0.25, 0.3) is 0 Å². The summed E-state index contributed by atoms with van der Waals surface area (Å²) in [5.74, 6) is -0.219. The number of aromatic amines is 1. The number of nitriles is 1. The zero-order chi connectivity index (χ0) is 19.1. The van der Waals surface area contributed by atoms with E-state index in [1.807, 2.05) is 13.0 Å². The third-order valence-electron chi connectivity index (χ3n) is 6.75. The molecule has 2 aliphatic rings. The number of carbonyl (C=O) groups is 1. The second-order valence-corrected chi connectivity index (χ2v) is 7.75. The molecule has 5 heteroatoms. The van der Waals surface area contributed by atoms with Crippen LogP contribution >= 0.6 is 0 Å². The van der Waals surface area contributed by atoms with Crippen LogP contribution in [0.1, 0.15) is 50.8 Å². The highest BCUT2D eigenvalue weighted by molar-refractivity contribution is 5.86. The summed E-state index contributed by atoms with van der Waals surface area (Å²) in [4.78, 5) is 18.7. The molecule has 0 amide bonds. The lowest BCUT2D eigenvalue weighted by Crippen LogP contribution is -2.63. The van der Waals surface area contributed by atoms with Gasteiger partial charge in [0.1, 0.15) is 0 Å². The van der Waals surface area contributed by atoms with Crippen molar-refractivity contribution in [3.05, 3.63) is 35.5 Å². The molecule has 1 saturated heterocycles. The Bertz CT molecular complexity index is 912. The summed E-state index contributed by atoms with van der Waals surface area (Å²) in [6.45, 7) is 6.06. The Morgan fingerprint density at radius 1 is 1.33 bits per heavy atom. The van der Waals surface area contributed by atoms with Crippen molar-refractivity contribution in [2.45, 2.75) is 51.5 Å². The summed E-state index contributed by atoms with van der Waals surface area (Å²) in [5.41, 5.74) is 2.16. The predicted octanol–water partition coefficient (Wildman–Crippen LogP) is 3.89. The molecule has 0 unspecified atom stereocenters. The molecule has 0 spiro atoms. The molecular weight excluding hydrogens is 338 g/mol. The number of esters is 1. The largest absolute Gasteiger partial charge is 0.466 e. The summed E-state index contributed by atoms with van der Waals surface area (Å²) in [5, 5.41) is 11.6. The Labute approximate surface area is 160 Å². The van der Waals surface area contributed by atoms with Crippen LogP contribution in [0.25, 0.3) is 10.9 Å². The average Bonchev–Trinajstić information content (AvgIpc) is 3.07. The van der Waals surface area contributed by atoms with Gasteiger partial charge >= 0.3 is 5.97 Å². The maximum absolute atomic E-state index is 12.7. The van der Waals surface area contributed by atoms with Crippen molar-refractivity contribution >= 4 is 16.9 Å². The van der Waals surface area contributed by atoms with Gasteiger partial charge in [0.15, 0.2) is 0 Å². The van der Waals surface area contributed by atoms with Gasteiger partial charge in [-0.25, -0.2) is 0 Å². The molecule has 1 N–H and O–H groups in total. The van der Waals surface area contributed by atoms with E-state index in [9.17, 15) is 10.1 Å². The number of nitrogens with one attached hydrogen (secondary N) is 1. The molecule has 2 atom stereocenters. The lowest BCUT2D eigenvalue weighted by Gasteiger charge is -2.57. The number of rotatable bonds is 4. The quantitative estimate of drug-likeness (QED) is 0.835. The molecule has 142 valence electrons. The van der Waals surface area contributed by atoms with E-state index in [0.717, 1.165) is 43.6 Å². The van der Waals surface area contributed by atoms with Crippen LogP contribution in [-0.2, 0) is 21.5 Å². The fraction of sp³-hybridized carbons (Fsp3) is 0.545. The third-order valence-corrected chi connectivity index (χ3v) is 6.75. The van der Waals surface area contributed by atoms with Crippen molar-refractivity contribution in [1.29, 1.82) is 5.26 Å². The van der Waals surface area contributed by atoms with Gasteiger partial charge in [-0.05, 0) is 50.8 Å². The summed E-state index contributed by atoms with van der Waals surface area (Å²) in [7, 11) is 0. The van der Waals surface area contributed by atoms with Gasteiger partial charge in [-0.3, -0.25) is 9.69 Å². The molecule has 1 aromatic carbocycles. The van der Waals surface area contributed by atoms with E-state index in [1.165, 1.54) is 10.9 Å². The number of hydrogen-bond acceptors (Lipinski definition) is 4. The number of hydrogen-bond donors (Lipinski definition) is 1. The fourth-order valence-electron chi connectivity index (χ4n) is 5.52. The first-order chi connectivity index (χ1) is 13.1. The normalized spacial score (nSPS) is 27.6. The number of aromatic nitrogens is 1. The second kappa shape index (κ2) is 6.69. The lowest BCUT2D eigenvalue weighted by atomic mass is 9.58. The van der Waals surface area contributed by atoms with Crippen molar-refractivity contribution in [3.8, 4) is 6.07 Å². The van der Waals surface area contributed by atoms with Crippen LogP contribution in [0.5, 0.6) is 0 Å². The Morgan fingerprint density at radius 3 is 2.89 bits per heavy atom. The standard InChI is InChI=1S/C22H27N3O2/c1-3-21(15-23)11-7-12-25-13-10-17-16-8-5-6-9-18(16)24-20(17)22(21,25)14-19(26)27-4-2/h5-6,8-9,24H,3-4,7,10-14H2,1-2H3/t21-,22-/m1/s1. The van der Waals surface area contributed by atoms with E-state index in [0.29, 0.717) is 13.0 Å². The van der Waals surface area contributed by atoms with Gasteiger partial charge in [0.2, 0.25) is 0 Å². The molecule has 4 rings (SSSR count). The number of nitrogens with zero attached hydrogens (tertiary/aromatic N) is 2. The molecule has 0 radical (unpaired) electrons. The first-order valence-electron chi connectivity index (χ1n) is 10.0. The summed E-state index contributed by atoms with van der Waals surface area (Å²) in [6.07, 6.45) is 3.68. The van der Waals surface area contributed by atoms with Crippen LogP contribution < -0.4 is 0 Å². The van der Waals surface area contributed by atoms with E-state index in [-0.39, 0.29) is 12.4 Å². The van der Waals surface area contributed by atoms with Crippen LogP contribution in [0.2, 0.25) is 0 Å². The molecule has 1 aromatic heterocycles. The number of ether oxygens (including phenoxy) is 1. The number of piperidine rings is 1. The Balaban J connectivity index is 1.99. The number of H-pyrrole nitrogens is 1. The minimum atomic E-state index is -0.645. The minimum Gasteiger partial charge on any atom is -0.466 e. The molecule has 2 aromatic rings. The highest BCUT2D eigenvalue weighted by Gasteiger charge is 2.61. The van der Waals surface area contributed by atoms with Crippen molar-refractivity contribution in [3.63, 3.8) is 0 Å². The summed E-state index contributed by atoms with van der Waals surface area (Å²) < 4.78 is 5.37. The van der Waals surface area contributed by atoms with E-state index in [1.54, 1.807) is 0 Å². The monoisotopic (exact) mass is 365 g/mol. The van der Waals surface area contributed by atoms with Gasteiger partial charge < -0.3 is 9.72 Å². The van der Waals surface area contributed by atoms with Crippen molar-refractivity contribution in [2.24, 2.45) is 5.41 Å². The first-order valence-corrected chi connectivity index (χ1v) is 10.0. The van der Waals surface area contributed by atoms with Gasteiger partial charge in [-0.1, -0.05) is 25.1 Å². The Kier molecular flexibility index (Phi) is 4.47. The molecule has 1 fully saturated rings. The highest BCUT2D eigenvalue weighted by atomic mass is 16.5. The van der Waals surface area contributed by atoms with E-state index < -0.39 is 11.0 Å². The molecule has 0 saturated carbocycles. The zero-order valence-electron chi connectivity index (χ0n) is 16.2. The number of carbonyl (C=O) groups excluding carboxylic acids is 1. The van der Waals surface area contributed by atoms with E-state index >= 15 is 0 Å². The summed E-state index contributed by atoms with van der Waals surface area (Å²) >= 11 is 0. The molecule has 5 nitrogen and oxygen atoms in total. The first kappa shape index (κ1) is 18.1. The Morgan fingerprint density at radius 2 is 2.15 bits per heavy atom. The van der Waals surface area contributed by atoms with Gasteiger partial charge in [0.05, 0.1) is 30.1 Å². The van der Waals surface area contributed by atoms with Crippen LogP contribution in [0.4, 0.5) is 0 Å². The maximum atomic E-state index is 12.7. The topological polar surface area (TPSA) is 69.1 Å². The lowest BCUT2D eigenvalue weighted by molar-refractivity contribution is -0.154. The molecule has 27 heavy (non-hydrogen) atoms. The van der Waals surface area contributed by atoms with E-state index in [2.05, 4.69) is 41.1 Å². The molecule has 0 bridgehead atoms. The molecule has 2 aliphatic heterocycles. The number of benzene rings is 1. The second-order valence-electron chi connectivity index (χ2n) is 7.75.